The molecule has 1 aromatic rings. The molecule has 15 heavy (non-hydrogen) atoms. The second-order valence-corrected chi connectivity index (χ2v) is 4.67. The Morgan fingerprint density at radius 1 is 1.73 bits per heavy atom. The summed E-state index contributed by atoms with van der Waals surface area (Å²) in [5.74, 6) is -0.467. The van der Waals surface area contributed by atoms with Crippen molar-refractivity contribution >= 4 is 28.8 Å². The number of carbonyl (C=O) groups is 1. The standard InChI is InChI=1S/C9H12ClFN2OS/c1-5(2)6-4-15-7(13-6)3-12-9(14)8(10)11/h4-5,8H,3H2,1-2H3,(H,12,14). The fourth-order valence-electron chi connectivity index (χ4n) is 0.911. The zero-order chi connectivity index (χ0) is 11.4. The van der Waals surface area contributed by atoms with Crippen LogP contribution in [0.5, 0.6) is 0 Å². The summed E-state index contributed by atoms with van der Waals surface area (Å²) >= 11 is 6.39. The number of aromatic nitrogens is 1. The summed E-state index contributed by atoms with van der Waals surface area (Å²) in [6, 6.07) is 0. The predicted octanol–water partition coefficient (Wildman–Crippen LogP) is 2.42. The van der Waals surface area contributed by atoms with Gasteiger partial charge in [0.1, 0.15) is 5.01 Å². The van der Waals surface area contributed by atoms with Crippen LogP contribution in [0.2, 0.25) is 0 Å². The Kier molecular flexibility index (Phi) is 4.47. The van der Waals surface area contributed by atoms with Crippen molar-refractivity contribution in [3.63, 3.8) is 0 Å². The van der Waals surface area contributed by atoms with Crippen LogP contribution in [0.4, 0.5) is 4.39 Å². The smallest absolute Gasteiger partial charge is 0.270 e. The maximum Gasteiger partial charge on any atom is 0.270 e. The van der Waals surface area contributed by atoms with E-state index in [9.17, 15) is 9.18 Å². The Morgan fingerprint density at radius 2 is 2.40 bits per heavy atom. The molecule has 0 aliphatic heterocycles. The van der Waals surface area contributed by atoms with Gasteiger partial charge in [0.05, 0.1) is 12.2 Å². The third-order valence-corrected chi connectivity index (χ3v) is 2.84. The summed E-state index contributed by atoms with van der Waals surface area (Å²) in [4.78, 5) is 15.1. The van der Waals surface area contributed by atoms with E-state index in [2.05, 4.69) is 10.3 Å². The molecule has 1 aromatic heterocycles. The second kappa shape index (κ2) is 5.42. The fraction of sp³-hybridized carbons (Fsp3) is 0.556. The van der Waals surface area contributed by atoms with E-state index in [4.69, 9.17) is 11.6 Å². The highest BCUT2D eigenvalue weighted by molar-refractivity contribution is 7.09. The van der Waals surface area contributed by atoms with Gasteiger partial charge in [0.15, 0.2) is 0 Å². The van der Waals surface area contributed by atoms with E-state index in [0.717, 1.165) is 10.7 Å². The minimum Gasteiger partial charge on any atom is -0.346 e. The molecule has 3 nitrogen and oxygen atoms in total. The molecule has 0 bridgehead atoms. The highest BCUT2D eigenvalue weighted by atomic mass is 35.5. The van der Waals surface area contributed by atoms with Crippen LogP contribution in [0.15, 0.2) is 5.38 Å². The number of nitrogens with one attached hydrogen (secondary N) is 1. The van der Waals surface area contributed by atoms with Crippen molar-refractivity contribution in [3.05, 3.63) is 16.1 Å². The first-order chi connectivity index (χ1) is 7.00. The fourth-order valence-corrected chi connectivity index (χ4v) is 1.88. The van der Waals surface area contributed by atoms with Gasteiger partial charge in [0.25, 0.3) is 11.5 Å². The Balaban J connectivity index is 2.48. The Labute approximate surface area is 96.7 Å². The Hall–Kier alpha value is -0.680. The number of hydrogen-bond donors (Lipinski definition) is 1. The van der Waals surface area contributed by atoms with Gasteiger partial charge in [-0.1, -0.05) is 25.4 Å². The van der Waals surface area contributed by atoms with Crippen LogP contribution >= 0.6 is 22.9 Å². The number of thiazole rings is 1. The van der Waals surface area contributed by atoms with Crippen molar-refractivity contribution in [1.29, 1.82) is 0 Å². The molecule has 0 aromatic carbocycles. The van der Waals surface area contributed by atoms with Gasteiger partial charge in [0, 0.05) is 5.38 Å². The highest BCUT2D eigenvalue weighted by Crippen LogP contribution is 2.17. The molecular weight excluding hydrogens is 239 g/mol. The summed E-state index contributed by atoms with van der Waals surface area (Å²) < 4.78 is 12.3. The van der Waals surface area contributed by atoms with E-state index in [-0.39, 0.29) is 6.54 Å². The van der Waals surface area contributed by atoms with Crippen molar-refractivity contribution in [1.82, 2.24) is 10.3 Å². The summed E-state index contributed by atoms with van der Waals surface area (Å²) in [6.07, 6.45) is 0. The lowest BCUT2D eigenvalue weighted by Crippen LogP contribution is -2.28. The third-order valence-electron chi connectivity index (χ3n) is 1.77. The number of nitrogens with zero attached hydrogens (tertiary/aromatic N) is 1. The van der Waals surface area contributed by atoms with Gasteiger partial charge in [-0.15, -0.1) is 11.3 Å². The maximum atomic E-state index is 12.3. The molecule has 0 fully saturated rings. The first kappa shape index (κ1) is 12.4. The van der Waals surface area contributed by atoms with Crippen LogP contribution in [-0.2, 0) is 11.3 Å². The molecule has 0 radical (unpaired) electrons. The summed E-state index contributed by atoms with van der Waals surface area (Å²) in [6.45, 7) is 4.30. The molecule has 1 heterocycles. The molecule has 6 heteroatoms. The Morgan fingerprint density at radius 3 is 2.87 bits per heavy atom. The van der Waals surface area contributed by atoms with Crippen molar-refractivity contribution < 1.29 is 9.18 Å². The monoisotopic (exact) mass is 250 g/mol. The lowest BCUT2D eigenvalue weighted by molar-refractivity contribution is -0.123. The number of hydrogen-bond acceptors (Lipinski definition) is 3. The molecule has 0 spiro atoms. The quantitative estimate of drug-likeness (QED) is 0.834. The van der Waals surface area contributed by atoms with Crippen LogP contribution in [0.1, 0.15) is 30.5 Å². The molecule has 1 atom stereocenters. The number of carbonyl (C=O) groups excluding carboxylic acids is 1. The van der Waals surface area contributed by atoms with E-state index in [1.165, 1.54) is 11.3 Å². The van der Waals surface area contributed by atoms with Gasteiger partial charge in [-0.25, -0.2) is 9.37 Å². The summed E-state index contributed by atoms with van der Waals surface area (Å²) in [5, 5.41) is 5.04. The van der Waals surface area contributed by atoms with Gasteiger partial charge < -0.3 is 5.32 Å². The minimum atomic E-state index is -1.99. The van der Waals surface area contributed by atoms with Crippen LogP contribution in [0.25, 0.3) is 0 Å². The van der Waals surface area contributed by atoms with E-state index in [1.54, 1.807) is 0 Å². The van der Waals surface area contributed by atoms with Crippen LogP contribution in [0.3, 0.4) is 0 Å². The van der Waals surface area contributed by atoms with Gasteiger partial charge in [-0.2, -0.15) is 0 Å². The molecule has 0 saturated carbocycles. The summed E-state index contributed by atoms with van der Waals surface area (Å²) in [7, 11) is 0. The topological polar surface area (TPSA) is 42.0 Å². The molecule has 0 saturated heterocycles. The average Bonchev–Trinajstić information content (AvgIpc) is 2.62. The number of amides is 1. The van der Waals surface area contributed by atoms with E-state index in [0.29, 0.717) is 5.92 Å². The predicted molar refractivity (Wildman–Crippen MR) is 58.8 cm³/mol. The van der Waals surface area contributed by atoms with Crippen LogP contribution < -0.4 is 5.32 Å². The van der Waals surface area contributed by atoms with Crippen molar-refractivity contribution in [2.75, 3.05) is 0 Å². The molecule has 0 aliphatic carbocycles. The average molecular weight is 251 g/mol. The van der Waals surface area contributed by atoms with Crippen LogP contribution in [-0.4, -0.2) is 16.5 Å². The highest BCUT2D eigenvalue weighted by Gasteiger charge is 2.13. The molecule has 1 N–H and O–H groups in total. The molecule has 1 rings (SSSR count). The van der Waals surface area contributed by atoms with Gasteiger partial charge >= 0.3 is 0 Å². The number of rotatable bonds is 4. The lowest BCUT2D eigenvalue weighted by atomic mass is 10.2. The first-order valence-corrected chi connectivity index (χ1v) is 5.82. The molecule has 0 aliphatic rings. The van der Waals surface area contributed by atoms with E-state index >= 15 is 0 Å². The molecule has 1 unspecified atom stereocenters. The van der Waals surface area contributed by atoms with Gasteiger partial charge in [0.2, 0.25) is 0 Å². The van der Waals surface area contributed by atoms with Crippen molar-refractivity contribution in [2.45, 2.75) is 31.9 Å². The first-order valence-electron chi connectivity index (χ1n) is 4.51. The zero-order valence-electron chi connectivity index (χ0n) is 8.46. The Bertz CT molecular complexity index is 341. The van der Waals surface area contributed by atoms with Gasteiger partial charge in [-0.05, 0) is 5.92 Å². The van der Waals surface area contributed by atoms with Crippen LogP contribution in [0, 0.1) is 0 Å². The van der Waals surface area contributed by atoms with Crippen molar-refractivity contribution in [3.8, 4) is 0 Å². The lowest BCUT2D eigenvalue weighted by Gasteiger charge is -2.01. The van der Waals surface area contributed by atoms with E-state index in [1.807, 2.05) is 19.2 Å². The van der Waals surface area contributed by atoms with Crippen molar-refractivity contribution in [2.24, 2.45) is 0 Å². The normalized spacial score (nSPS) is 12.9. The largest absolute Gasteiger partial charge is 0.346 e. The third kappa shape index (κ3) is 3.76. The molecular formula is C9H12ClFN2OS. The molecule has 1 amide bonds. The number of halogens is 2. The second-order valence-electron chi connectivity index (χ2n) is 3.34. The summed E-state index contributed by atoms with van der Waals surface area (Å²) in [5.41, 5.74) is -1.01. The SMILES string of the molecule is CC(C)c1csc(CNC(=O)C(F)Cl)n1. The number of alkyl halides is 2. The minimum absolute atomic E-state index is 0.226. The van der Waals surface area contributed by atoms with E-state index < -0.39 is 11.5 Å². The maximum absolute atomic E-state index is 12.3. The molecule has 84 valence electrons. The van der Waals surface area contributed by atoms with Gasteiger partial charge in [-0.3, -0.25) is 4.79 Å². The zero-order valence-corrected chi connectivity index (χ0v) is 10.0.